The Balaban J connectivity index is 2.66. The molecule has 0 radical (unpaired) electrons. The topological polar surface area (TPSA) is 27.7 Å². The van der Waals surface area contributed by atoms with Crippen molar-refractivity contribution in [1.29, 1.82) is 0 Å². The van der Waals surface area contributed by atoms with E-state index in [0.717, 1.165) is 5.75 Å². The van der Waals surface area contributed by atoms with Crippen molar-refractivity contribution in [2.45, 2.75) is 20.4 Å². The first-order valence-electron chi connectivity index (χ1n) is 5.22. The SMILES string of the molecule is CCO[Si](C)(OCC)Oc1ccccc1. The zero-order chi connectivity index (χ0) is 11.1. The zero-order valence-electron chi connectivity index (χ0n) is 9.53. The number of para-hydroxylation sites is 1. The Kier molecular flexibility index (Phi) is 4.81. The standard InChI is InChI=1S/C11H18O3Si/c1-4-12-15(3,13-5-2)14-11-9-7-6-8-10-11/h6-10H,4-5H2,1-3H3. The van der Waals surface area contributed by atoms with Crippen molar-refractivity contribution in [3.63, 3.8) is 0 Å². The molecule has 0 aliphatic carbocycles. The highest BCUT2D eigenvalue weighted by molar-refractivity contribution is 6.59. The van der Waals surface area contributed by atoms with Gasteiger partial charge in [-0.15, -0.1) is 0 Å². The fourth-order valence-corrected chi connectivity index (χ4v) is 3.14. The molecule has 3 nitrogen and oxygen atoms in total. The van der Waals surface area contributed by atoms with Gasteiger partial charge in [-0.1, -0.05) is 18.2 Å². The van der Waals surface area contributed by atoms with E-state index in [1.807, 2.05) is 50.7 Å². The van der Waals surface area contributed by atoms with Crippen LogP contribution in [0.2, 0.25) is 6.55 Å². The fraction of sp³-hybridized carbons (Fsp3) is 0.455. The average Bonchev–Trinajstić information content (AvgIpc) is 2.19. The first-order chi connectivity index (χ1) is 7.20. The van der Waals surface area contributed by atoms with Crippen LogP contribution in [-0.2, 0) is 8.85 Å². The van der Waals surface area contributed by atoms with E-state index in [9.17, 15) is 0 Å². The molecule has 0 saturated carbocycles. The van der Waals surface area contributed by atoms with E-state index in [0.29, 0.717) is 13.2 Å². The lowest BCUT2D eigenvalue weighted by Gasteiger charge is -2.25. The normalized spacial score (nSPS) is 11.4. The van der Waals surface area contributed by atoms with Crippen molar-refractivity contribution in [2.75, 3.05) is 13.2 Å². The van der Waals surface area contributed by atoms with Crippen LogP contribution in [0, 0.1) is 0 Å². The number of hydrogen-bond donors (Lipinski definition) is 0. The fourth-order valence-electron chi connectivity index (χ4n) is 1.33. The van der Waals surface area contributed by atoms with E-state index in [1.165, 1.54) is 0 Å². The van der Waals surface area contributed by atoms with Crippen molar-refractivity contribution in [1.82, 2.24) is 0 Å². The highest BCUT2D eigenvalue weighted by Crippen LogP contribution is 2.17. The summed E-state index contributed by atoms with van der Waals surface area (Å²) < 4.78 is 16.9. The Morgan fingerprint density at radius 3 is 2.00 bits per heavy atom. The van der Waals surface area contributed by atoms with Crippen LogP contribution >= 0.6 is 0 Å². The van der Waals surface area contributed by atoms with Gasteiger partial charge in [0.1, 0.15) is 5.75 Å². The van der Waals surface area contributed by atoms with Crippen LogP contribution < -0.4 is 4.43 Å². The largest absolute Gasteiger partial charge is 0.562 e. The Bertz CT molecular complexity index is 270. The molecular weight excluding hydrogens is 208 g/mol. The van der Waals surface area contributed by atoms with Crippen molar-refractivity contribution < 1.29 is 13.3 Å². The van der Waals surface area contributed by atoms with Crippen molar-refractivity contribution in [3.8, 4) is 5.75 Å². The van der Waals surface area contributed by atoms with Crippen LogP contribution in [0.25, 0.3) is 0 Å². The molecule has 4 heteroatoms. The van der Waals surface area contributed by atoms with Gasteiger partial charge >= 0.3 is 8.80 Å². The van der Waals surface area contributed by atoms with E-state index in [4.69, 9.17) is 13.3 Å². The lowest BCUT2D eigenvalue weighted by molar-refractivity contribution is 0.124. The third kappa shape index (κ3) is 4.03. The van der Waals surface area contributed by atoms with Gasteiger partial charge in [0.2, 0.25) is 0 Å². The van der Waals surface area contributed by atoms with Gasteiger partial charge in [-0.3, -0.25) is 0 Å². The predicted octanol–water partition coefficient (Wildman–Crippen LogP) is 2.71. The van der Waals surface area contributed by atoms with Crippen LogP contribution in [0.3, 0.4) is 0 Å². The molecule has 0 bridgehead atoms. The maximum absolute atomic E-state index is 5.78. The second-order valence-electron chi connectivity index (χ2n) is 3.14. The first-order valence-corrected chi connectivity index (χ1v) is 7.44. The predicted molar refractivity (Wildman–Crippen MR) is 61.9 cm³/mol. The van der Waals surface area contributed by atoms with E-state index < -0.39 is 8.80 Å². The smallest absolute Gasteiger partial charge is 0.501 e. The van der Waals surface area contributed by atoms with Gasteiger partial charge in [0.15, 0.2) is 0 Å². The van der Waals surface area contributed by atoms with Gasteiger partial charge in [0, 0.05) is 19.8 Å². The van der Waals surface area contributed by atoms with Crippen molar-refractivity contribution in [2.24, 2.45) is 0 Å². The highest BCUT2D eigenvalue weighted by atomic mass is 28.4. The Morgan fingerprint density at radius 1 is 1.00 bits per heavy atom. The Morgan fingerprint density at radius 2 is 1.53 bits per heavy atom. The third-order valence-electron chi connectivity index (χ3n) is 1.86. The summed E-state index contributed by atoms with van der Waals surface area (Å²) in [6.45, 7) is 7.01. The van der Waals surface area contributed by atoms with Gasteiger partial charge in [-0.2, -0.15) is 0 Å². The minimum Gasteiger partial charge on any atom is -0.501 e. The molecular formula is C11H18O3Si. The van der Waals surface area contributed by atoms with Gasteiger partial charge < -0.3 is 13.3 Å². The molecule has 1 aromatic rings. The minimum absolute atomic E-state index is 0.607. The summed E-state index contributed by atoms with van der Waals surface area (Å²) >= 11 is 0. The van der Waals surface area contributed by atoms with Gasteiger partial charge in [0.25, 0.3) is 0 Å². The molecule has 0 fully saturated rings. The second-order valence-corrected chi connectivity index (χ2v) is 5.65. The molecule has 0 atom stereocenters. The lowest BCUT2D eigenvalue weighted by atomic mass is 10.3. The molecule has 1 rings (SSSR count). The Hall–Kier alpha value is -0.843. The summed E-state index contributed by atoms with van der Waals surface area (Å²) in [5, 5.41) is 0. The van der Waals surface area contributed by atoms with E-state index in [-0.39, 0.29) is 0 Å². The second kappa shape index (κ2) is 5.90. The number of benzene rings is 1. The maximum atomic E-state index is 5.78. The van der Waals surface area contributed by atoms with E-state index in [1.54, 1.807) is 0 Å². The summed E-state index contributed by atoms with van der Waals surface area (Å²) in [6.07, 6.45) is 0. The third-order valence-corrected chi connectivity index (χ3v) is 4.09. The summed E-state index contributed by atoms with van der Waals surface area (Å²) in [5.41, 5.74) is 0. The summed E-state index contributed by atoms with van der Waals surface area (Å²) in [7, 11) is -2.49. The van der Waals surface area contributed by atoms with Gasteiger partial charge in [0.05, 0.1) is 0 Å². The average molecular weight is 226 g/mol. The molecule has 1 aromatic carbocycles. The Labute approximate surface area is 92.3 Å². The highest BCUT2D eigenvalue weighted by Gasteiger charge is 2.36. The van der Waals surface area contributed by atoms with Crippen LogP contribution in [0.5, 0.6) is 5.75 Å². The summed E-state index contributed by atoms with van der Waals surface area (Å²) in [6, 6.07) is 9.63. The molecule has 0 N–H and O–H groups in total. The van der Waals surface area contributed by atoms with Crippen LogP contribution in [0.4, 0.5) is 0 Å². The molecule has 0 unspecified atom stereocenters. The monoisotopic (exact) mass is 226 g/mol. The number of hydrogen-bond acceptors (Lipinski definition) is 3. The lowest BCUT2D eigenvalue weighted by Crippen LogP contribution is -2.45. The summed E-state index contributed by atoms with van der Waals surface area (Å²) in [4.78, 5) is 0. The van der Waals surface area contributed by atoms with Crippen LogP contribution in [0.15, 0.2) is 30.3 Å². The van der Waals surface area contributed by atoms with Crippen LogP contribution in [-0.4, -0.2) is 22.0 Å². The van der Waals surface area contributed by atoms with Crippen molar-refractivity contribution >= 4 is 8.80 Å². The molecule has 84 valence electrons. The molecule has 0 spiro atoms. The minimum atomic E-state index is -2.49. The molecule has 0 aromatic heterocycles. The molecule has 0 amide bonds. The molecule has 0 saturated heterocycles. The molecule has 0 heterocycles. The van der Waals surface area contributed by atoms with Gasteiger partial charge in [-0.05, 0) is 26.0 Å². The quantitative estimate of drug-likeness (QED) is 0.698. The van der Waals surface area contributed by atoms with Gasteiger partial charge in [-0.25, -0.2) is 0 Å². The summed E-state index contributed by atoms with van der Waals surface area (Å²) in [5.74, 6) is 0.800. The number of rotatable bonds is 6. The molecule has 0 aliphatic rings. The molecule has 0 aliphatic heterocycles. The van der Waals surface area contributed by atoms with E-state index in [2.05, 4.69) is 0 Å². The maximum Gasteiger partial charge on any atom is 0.562 e. The van der Waals surface area contributed by atoms with E-state index >= 15 is 0 Å². The first kappa shape index (κ1) is 12.2. The molecule has 15 heavy (non-hydrogen) atoms. The van der Waals surface area contributed by atoms with Crippen LogP contribution in [0.1, 0.15) is 13.8 Å². The van der Waals surface area contributed by atoms with Crippen molar-refractivity contribution in [3.05, 3.63) is 30.3 Å². The zero-order valence-corrected chi connectivity index (χ0v) is 10.5.